The zero-order valence-electron chi connectivity index (χ0n) is 12.9. The van der Waals surface area contributed by atoms with Gasteiger partial charge in [-0.15, -0.1) is 11.3 Å². The van der Waals surface area contributed by atoms with Gasteiger partial charge in [0, 0.05) is 10.4 Å². The van der Waals surface area contributed by atoms with E-state index >= 15 is 0 Å². The third kappa shape index (κ3) is 3.74. The van der Waals surface area contributed by atoms with Crippen LogP contribution >= 0.6 is 11.3 Å². The molecule has 0 aliphatic carbocycles. The molecule has 0 unspecified atom stereocenters. The average molecular weight is 361 g/mol. The van der Waals surface area contributed by atoms with Crippen molar-refractivity contribution >= 4 is 43.1 Å². The molecule has 7 heteroatoms. The van der Waals surface area contributed by atoms with Crippen LogP contribution < -0.4 is 4.72 Å². The second kappa shape index (κ2) is 6.62. The van der Waals surface area contributed by atoms with E-state index in [4.69, 9.17) is 4.74 Å². The highest BCUT2D eigenvalue weighted by Crippen LogP contribution is 2.29. The van der Waals surface area contributed by atoms with Gasteiger partial charge in [-0.05, 0) is 35.2 Å². The van der Waals surface area contributed by atoms with Gasteiger partial charge in [-0.2, -0.15) is 0 Å². The number of sulfonamides is 1. The minimum absolute atomic E-state index is 0.0943. The lowest BCUT2D eigenvalue weighted by atomic mass is 10.2. The van der Waals surface area contributed by atoms with Crippen molar-refractivity contribution < 1.29 is 17.9 Å². The van der Waals surface area contributed by atoms with Crippen molar-refractivity contribution in [2.75, 3.05) is 11.8 Å². The summed E-state index contributed by atoms with van der Waals surface area (Å²) in [5.74, 6) is -0.495. The van der Waals surface area contributed by atoms with E-state index in [0.717, 1.165) is 15.6 Å². The molecule has 0 aliphatic rings. The van der Waals surface area contributed by atoms with E-state index < -0.39 is 16.0 Å². The highest BCUT2D eigenvalue weighted by molar-refractivity contribution is 7.91. The lowest BCUT2D eigenvalue weighted by Gasteiger charge is -2.08. The van der Waals surface area contributed by atoms with Crippen LogP contribution in [0.4, 0.5) is 5.69 Å². The topological polar surface area (TPSA) is 72.5 Å². The molecule has 3 aromatic rings. The summed E-state index contributed by atoms with van der Waals surface area (Å²) in [6.07, 6.45) is 0. The van der Waals surface area contributed by atoms with E-state index in [1.165, 1.54) is 18.4 Å². The molecule has 5 nitrogen and oxygen atoms in total. The first-order valence-corrected chi connectivity index (χ1v) is 9.60. The average Bonchev–Trinajstić information content (AvgIpc) is 2.97. The number of thiophene rings is 1. The van der Waals surface area contributed by atoms with Gasteiger partial charge in [-0.1, -0.05) is 30.3 Å². The molecular formula is C17H15NO4S2. The molecular weight excluding hydrogens is 346 g/mol. The number of esters is 1. The van der Waals surface area contributed by atoms with Crippen LogP contribution in [0.2, 0.25) is 0 Å². The van der Waals surface area contributed by atoms with Crippen LogP contribution in [0.5, 0.6) is 0 Å². The molecule has 0 spiro atoms. The summed E-state index contributed by atoms with van der Waals surface area (Å²) < 4.78 is 32.7. The summed E-state index contributed by atoms with van der Waals surface area (Å²) in [6.45, 7) is 0. The van der Waals surface area contributed by atoms with Crippen LogP contribution in [0.25, 0.3) is 10.1 Å². The van der Waals surface area contributed by atoms with Gasteiger partial charge in [0.15, 0.2) is 0 Å². The fraction of sp³-hybridized carbons (Fsp3) is 0.118. The molecule has 0 radical (unpaired) electrons. The Morgan fingerprint density at radius 1 is 1.12 bits per heavy atom. The van der Waals surface area contributed by atoms with E-state index in [2.05, 4.69) is 4.72 Å². The molecule has 0 amide bonds. The van der Waals surface area contributed by atoms with Crippen molar-refractivity contribution in [2.45, 2.75) is 5.75 Å². The predicted molar refractivity (Wildman–Crippen MR) is 95.9 cm³/mol. The third-order valence-electron chi connectivity index (χ3n) is 3.38. The van der Waals surface area contributed by atoms with Gasteiger partial charge in [-0.25, -0.2) is 13.2 Å². The molecule has 0 saturated carbocycles. The molecule has 124 valence electrons. The Hall–Kier alpha value is -2.38. The van der Waals surface area contributed by atoms with Crippen molar-refractivity contribution in [1.82, 2.24) is 0 Å². The summed E-state index contributed by atoms with van der Waals surface area (Å²) >= 11 is 1.31. The molecule has 1 N–H and O–H groups in total. The first-order chi connectivity index (χ1) is 11.5. The Bertz CT molecular complexity index is 978. The molecule has 0 aliphatic heterocycles. The number of ether oxygens (including phenoxy) is 1. The van der Waals surface area contributed by atoms with Gasteiger partial charge in [0.05, 0.1) is 12.9 Å². The van der Waals surface area contributed by atoms with Crippen LogP contribution in [0.3, 0.4) is 0 Å². The van der Waals surface area contributed by atoms with Crippen LogP contribution in [-0.2, 0) is 20.5 Å². The van der Waals surface area contributed by atoms with Crippen LogP contribution in [0.1, 0.15) is 15.2 Å². The predicted octanol–water partition coefficient (Wildman–Crippen LogP) is 3.63. The normalized spacial score (nSPS) is 11.4. The van der Waals surface area contributed by atoms with Crippen molar-refractivity contribution in [3.63, 3.8) is 0 Å². The Kier molecular flexibility index (Phi) is 4.55. The number of hydrogen-bond acceptors (Lipinski definition) is 5. The first-order valence-electron chi connectivity index (χ1n) is 7.13. The Labute approximate surface area is 143 Å². The molecule has 1 heterocycles. The second-order valence-corrected chi connectivity index (χ2v) is 8.01. The molecule has 0 saturated heterocycles. The number of anilines is 1. The van der Waals surface area contributed by atoms with E-state index in [1.54, 1.807) is 48.5 Å². The largest absolute Gasteiger partial charge is 0.465 e. The maximum atomic E-state index is 12.3. The lowest BCUT2D eigenvalue weighted by Crippen LogP contribution is -2.14. The molecule has 1 aromatic heterocycles. The van der Waals surface area contributed by atoms with Crippen molar-refractivity contribution in [2.24, 2.45) is 0 Å². The van der Waals surface area contributed by atoms with Gasteiger partial charge in [0.2, 0.25) is 10.0 Å². The van der Waals surface area contributed by atoms with E-state index in [0.29, 0.717) is 10.6 Å². The van der Waals surface area contributed by atoms with E-state index in [1.807, 2.05) is 6.07 Å². The second-order valence-electron chi connectivity index (χ2n) is 5.20. The highest BCUT2D eigenvalue weighted by Gasteiger charge is 2.14. The van der Waals surface area contributed by atoms with Gasteiger partial charge in [0.25, 0.3) is 0 Å². The van der Waals surface area contributed by atoms with Crippen LogP contribution in [0.15, 0.2) is 54.6 Å². The number of carbonyl (C=O) groups excluding carboxylic acids is 1. The molecule has 3 rings (SSSR count). The quantitative estimate of drug-likeness (QED) is 0.705. The minimum atomic E-state index is -3.51. The number of benzene rings is 2. The zero-order valence-corrected chi connectivity index (χ0v) is 14.5. The number of carbonyl (C=O) groups is 1. The standard InChI is InChI=1S/C17H15NO4S2/c1-22-17(19)16-10-13-9-14(7-8-15(13)23-16)18-24(20,21)11-12-5-3-2-4-6-12/h2-10,18H,11H2,1H3. The van der Waals surface area contributed by atoms with E-state index in [9.17, 15) is 13.2 Å². The first kappa shape index (κ1) is 16.5. The maximum Gasteiger partial charge on any atom is 0.348 e. The van der Waals surface area contributed by atoms with Gasteiger partial charge in [0.1, 0.15) is 4.88 Å². The Balaban J connectivity index is 1.83. The fourth-order valence-electron chi connectivity index (χ4n) is 2.32. The van der Waals surface area contributed by atoms with Gasteiger partial charge >= 0.3 is 5.97 Å². The number of nitrogens with one attached hydrogen (secondary N) is 1. The SMILES string of the molecule is COC(=O)c1cc2cc(NS(=O)(=O)Cc3ccccc3)ccc2s1. The number of fused-ring (bicyclic) bond motifs is 1. The molecule has 0 atom stereocenters. The zero-order chi connectivity index (χ0) is 17.2. The summed E-state index contributed by atoms with van der Waals surface area (Å²) in [5.41, 5.74) is 1.18. The lowest BCUT2D eigenvalue weighted by molar-refractivity contribution is 0.0606. The number of hydrogen-bond donors (Lipinski definition) is 1. The van der Waals surface area contributed by atoms with Crippen molar-refractivity contribution in [3.8, 4) is 0 Å². The Morgan fingerprint density at radius 2 is 1.88 bits per heavy atom. The summed E-state index contributed by atoms with van der Waals surface area (Å²) in [5, 5.41) is 0.792. The number of methoxy groups -OCH3 is 1. The van der Waals surface area contributed by atoms with Crippen LogP contribution in [-0.4, -0.2) is 21.5 Å². The van der Waals surface area contributed by atoms with Crippen molar-refractivity contribution in [3.05, 3.63) is 65.0 Å². The highest BCUT2D eigenvalue weighted by atomic mass is 32.2. The summed E-state index contributed by atoms with van der Waals surface area (Å²) in [4.78, 5) is 12.1. The molecule has 0 fully saturated rings. The van der Waals surface area contributed by atoms with E-state index in [-0.39, 0.29) is 5.75 Å². The fourth-order valence-corrected chi connectivity index (χ4v) is 4.47. The maximum absolute atomic E-state index is 12.3. The summed E-state index contributed by atoms with van der Waals surface area (Å²) in [6, 6.07) is 15.9. The van der Waals surface area contributed by atoms with Gasteiger partial charge in [-0.3, -0.25) is 4.72 Å². The van der Waals surface area contributed by atoms with Crippen LogP contribution in [0, 0.1) is 0 Å². The third-order valence-corrected chi connectivity index (χ3v) is 5.73. The monoisotopic (exact) mass is 361 g/mol. The minimum Gasteiger partial charge on any atom is -0.465 e. The van der Waals surface area contributed by atoms with Gasteiger partial charge < -0.3 is 4.74 Å². The number of rotatable bonds is 5. The van der Waals surface area contributed by atoms with Crippen molar-refractivity contribution in [1.29, 1.82) is 0 Å². The molecule has 24 heavy (non-hydrogen) atoms. The Morgan fingerprint density at radius 3 is 2.58 bits per heavy atom. The molecule has 2 aromatic carbocycles. The summed E-state index contributed by atoms with van der Waals surface area (Å²) in [7, 11) is -2.18. The molecule has 0 bridgehead atoms. The smallest absolute Gasteiger partial charge is 0.348 e.